The predicted molar refractivity (Wildman–Crippen MR) is 85.5 cm³/mol. The van der Waals surface area contributed by atoms with Gasteiger partial charge in [-0.25, -0.2) is 0 Å². The van der Waals surface area contributed by atoms with Gasteiger partial charge in [0.2, 0.25) is 0 Å². The minimum atomic E-state index is 0.244. The van der Waals surface area contributed by atoms with Gasteiger partial charge in [0.1, 0.15) is 5.75 Å². The van der Waals surface area contributed by atoms with Gasteiger partial charge in [0, 0.05) is 18.8 Å². The van der Waals surface area contributed by atoms with Crippen molar-refractivity contribution in [2.24, 2.45) is 7.05 Å². The number of aryl methyl sites for hydroxylation is 2. The van der Waals surface area contributed by atoms with E-state index in [4.69, 9.17) is 0 Å². The SMILES string of the molecule is Cc1nn(C)c(C)c1CCCN[C@@H](C)c1cccc(O)c1. The number of hydrogen-bond donors (Lipinski definition) is 2. The summed E-state index contributed by atoms with van der Waals surface area (Å²) in [6.07, 6.45) is 2.13. The van der Waals surface area contributed by atoms with Crippen molar-refractivity contribution in [2.75, 3.05) is 6.54 Å². The highest BCUT2D eigenvalue weighted by Gasteiger charge is 2.09. The van der Waals surface area contributed by atoms with Crippen LogP contribution < -0.4 is 5.32 Å². The number of phenolic OH excluding ortho intramolecular Hbond substituents is 1. The van der Waals surface area contributed by atoms with Crippen LogP contribution in [0.1, 0.15) is 41.9 Å². The summed E-state index contributed by atoms with van der Waals surface area (Å²) in [5.41, 5.74) is 4.87. The van der Waals surface area contributed by atoms with E-state index in [2.05, 4.69) is 31.2 Å². The maximum atomic E-state index is 9.51. The highest BCUT2D eigenvalue weighted by atomic mass is 16.3. The molecule has 0 aliphatic carbocycles. The van der Waals surface area contributed by atoms with Crippen LogP contribution in [0.5, 0.6) is 5.75 Å². The van der Waals surface area contributed by atoms with Crippen LogP contribution in [-0.4, -0.2) is 21.4 Å². The molecule has 1 atom stereocenters. The molecule has 0 amide bonds. The average Bonchev–Trinajstić information content (AvgIpc) is 2.69. The third-order valence-electron chi connectivity index (χ3n) is 4.08. The molecule has 1 aromatic heterocycles. The maximum absolute atomic E-state index is 9.51. The molecule has 1 aromatic carbocycles. The first-order chi connectivity index (χ1) is 9.99. The van der Waals surface area contributed by atoms with Crippen molar-refractivity contribution in [1.82, 2.24) is 15.1 Å². The van der Waals surface area contributed by atoms with Gasteiger partial charge in [0.25, 0.3) is 0 Å². The zero-order chi connectivity index (χ0) is 15.4. The van der Waals surface area contributed by atoms with Crippen molar-refractivity contribution in [3.8, 4) is 5.75 Å². The molecule has 0 unspecified atom stereocenters. The first-order valence-electron chi connectivity index (χ1n) is 7.50. The van der Waals surface area contributed by atoms with Crippen LogP contribution in [0, 0.1) is 13.8 Å². The lowest BCUT2D eigenvalue weighted by Gasteiger charge is -2.14. The van der Waals surface area contributed by atoms with Gasteiger partial charge in [-0.3, -0.25) is 4.68 Å². The van der Waals surface area contributed by atoms with Gasteiger partial charge in [-0.05, 0) is 63.4 Å². The molecule has 0 saturated heterocycles. The van der Waals surface area contributed by atoms with Crippen LogP contribution in [-0.2, 0) is 13.5 Å². The Kier molecular flexibility index (Phi) is 5.02. The number of aromatic nitrogens is 2. The number of nitrogens with one attached hydrogen (secondary N) is 1. The standard InChI is InChI=1S/C17H25N3O/c1-12(15-7-5-8-16(21)11-15)18-10-6-9-17-13(2)19-20(4)14(17)3/h5,7-8,11-12,18,21H,6,9-10H2,1-4H3/t12-/m0/s1. The van der Waals surface area contributed by atoms with Crippen LogP contribution in [0.15, 0.2) is 24.3 Å². The zero-order valence-corrected chi connectivity index (χ0v) is 13.3. The van der Waals surface area contributed by atoms with Crippen molar-refractivity contribution in [3.05, 3.63) is 46.8 Å². The third kappa shape index (κ3) is 3.85. The fourth-order valence-electron chi connectivity index (χ4n) is 2.67. The Morgan fingerprint density at radius 3 is 2.71 bits per heavy atom. The van der Waals surface area contributed by atoms with Gasteiger partial charge in [-0.1, -0.05) is 12.1 Å². The molecule has 21 heavy (non-hydrogen) atoms. The normalized spacial score (nSPS) is 12.6. The Labute approximate surface area is 126 Å². The van der Waals surface area contributed by atoms with Crippen LogP contribution in [0.4, 0.5) is 0 Å². The van der Waals surface area contributed by atoms with Gasteiger partial charge < -0.3 is 10.4 Å². The van der Waals surface area contributed by atoms with E-state index >= 15 is 0 Å². The van der Waals surface area contributed by atoms with Gasteiger partial charge in [-0.15, -0.1) is 0 Å². The highest BCUT2D eigenvalue weighted by Crippen LogP contribution is 2.18. The molecule has 4 nitrogen and oxygen atoms in total. The summed E-state index contributed by atoms with van der Waals surface area (Å²) in [5, 5.41) is 17.5. The van der Waals surface area contributed by atoms with Crippen molar-refractivity contribution in [1.29, 1.82) is 0 Å². The van der Waals surface area contributed by atoms with Gasteiger partial charge in [0.05, 0.1) is 5.69 Å². The Bertz CT molecular complexity index is 604. The van der Waals surface area contributed by atoms with E-state index in [1.54, 1.807) is 6.07 Å². The largest absolute Gasteiger partial charge is 0.508 e. The lowest BCUT2D eigenvalue weighted by molar-refractivity contribution is 0.472. The van der Waals surface area contributed by atoms with Crippen LogP contribution >= 0.6 is 0 Å². The Morgan fingerprint density at radius 1 is 1.33 bits per heavy atom. The second-order valence-electron chi connectivity index (χ2n) is 5.65. The van der Waals surface area contributed by atoms with Crippen molar-refractivity contribution < 1.29 is 5.11 Å². The topological polar surface area (TPSA) is 50.1 Å². The Hall–Kier alpha value is -1.81. The summed E-state index contributed by atoms with van der Waals surface area (Å²) in [5.74, 6) is 0.322. The first kappa shape index (κ1) is 15.6. The lowest BCUT2D eigenvalue weighted by atomic mass is 10.1. The van der Waals surface area contributed by atoms with Gasteiger partial charge >= 0.3 is 0 Å². The molecule has 0 aliphatic heterocycles. The number of rotatable bonds is 6. The molecule has 0 bridgehead atoms. The summed E-state index contributed by atoms with van der Waals surface area (Å²) in [4.78, 5) is 0. The molecular formula is C17H25N3O. The molecule has 0 aliphatic rings. The molecule has 0 radical (unpaired) electrons. The molecule has 114 valence electrons. The van der Waals surface area contributed by atoms with E-state index in [-0.39, 0.29) is 6.04 Å². The van der Waals surface area contributed by atoms with E-state index in [1.807, 2.05) is 29.9 Å². The van der Waals surface area contributed by atoms with Gasteiger partial charge in [-0.2, -0.15) is 5.10 Å². The molecule has 0 spiro atoms. The van der Waals surface area contributed by atoms with E-state index in [0.717, 1.165) is 30.6 Å². The molecule has 0 saturated carbocycles. The second-order valence-corrected chi connectivity index (χ2v) is 5.65. The zero-order valence-electron chi connectivity index (χ0n) is 13.3. The van der Waals surface area contributed by atoms with E-state index in [1.165, 1.54) is 11.3 Å². The molecular weight excluding hydrogens is 262 g/mol. The van der Waals surface area contributed by atoms with Crippen molar-refractivity contribution in [2.45, 2.75) is 39.7 Å². The lowest BCUT2D eigenvalue weighted by Crippen LogP contribution is -2.20. The fraction of sp³-hybridized carbons (Fsp3) is 0.471. The molecule has 2 aromatic rings. The average molecular weight is 287 g/mol. The molecule has 2 N–H and O–H groups in total. The Morgan fingerprint density at radius 2 is 2.10 bits per heavy atom. The van der Waals surface area contributed by atoms with E-state index in [0.29, 0.717) is 5.75 Å². The van der Waals surface area contributed by atoms with Gasteiger partial charge in [0.15, 0.2) is 0 Å². The van der Waals surface area contributed by atoms with Crippen molar-refractivity contribution in [3.63, 3.8) is 0 Å². The maximum Gasteiger partial charge on any atom is 0.115 e. The molecule has 2 rings (SSSR count). The fourth-order valence-corrected chi connectivity index (χ4v) is 2.67. The molecule has 1 heterocycles. The number of benzene rings is 1. The number of phenols is 1. The van der Waals surface area contributed by atoms with Crippen LogP contribution in [0.3, 0.4) is 0 Å². The quantitative estimate of drug-likeness (QED) is 0.803. The monoisotopic (exact) mass is 287 g/mol. The summed E-state index contributed by atoms with van der Waals surface area (Å²) >= 11 is 0. The highest BCUT2D eigenvalue weighted by molar-refractivity contribution is 5.29. The summed E-state index contributed by atoms with van der Waals surface area (Å²) in [6, 6.07) is 7.67. The smallest absolute Gasteiger partial charge is 0.115 e. The molecule has 4 heteroatoms. The second kappa shape index (κ2) is 6.76. The summed E-state index contributed by atoms with van der Waals surface area (Å²) in [6.45, 7) is 7.27. The van der Waals surface area contributed by atoms with Crippen molar-refractivity contribution >= 4 is 0 Å². The predicted octanol–water partition coefficient (Wildman–Crippen LogP) is 3.03. The number of nitrogens with zero attached hydrogens (tertiary/aromatic N) is 2. The summed E-state index contributed by atoms with van der Waals surface area (Å²) < 4.78 is 1.95. The number of aromatic hydroxyl groups is 1. The minimum Gasteiger partial charge on any atom is -0.508 e. The summed E-state index contributed by atoms with van der Waals surface area (Å²) in [7, 11) is 1.99. The third-order valence-corrected chi connectivity index (χ3v) is 4.08. The van der Waals surface area contributed by atoms with E-state index in [9.17, 15) is 5.11 Å². The Balaban J connectivity index is 1.82. The first-order valence-corrected chi connectivity index (χ1v) is 7.50. The minimum absolute atomic E-state index is 0.244. The van der Waals surface area contributed by atoms with E-state index < -0.39 is 0 Å². The van der Waals surface area contributed by atoms with Crippen LogP contribution in [0.2, 0.25) is 0 Å². The number of hydrogen-bond acceptors (Lipinski definition) is 3. The molecule has 0 fully saturated rings. The van der Waals surface area contributed by atoms with Crippen LogP contribution in [0.25, 0.3) is 0 Å².